The molecule has 11 heteroatoms. The molecule has 1 N–H and O–H groups in total. The lowest BCUT2D eigenvalue weighted by atomic mass is 9.99. The van der Waals surface area contributed by atoms with Gasteiger partial charge in [-0.05, 0) is 42.2 Å². The first-order valence-electron chi connectivity index (χ1n) is 8.39. The Morgan fingerprint density at radius 2 is 2.22 bits per heavy atom. The molecule has 1 unspecified atom stereocenters. The third kappa shape index (κ3) is 3.45. The molecular formula is C16H17N5O4S2. The molecular weight excluding hydrogens is 390 g/mol. The van der Waals surface area contributed by atoms with Crippen LogP contribution in [0.4, 0.5) is 5.13 Å². The molecule has 1 fully saturated rings. The van der Waals surface area contributed by atoms with Gasteiger partial charge in [-0.2, -0.15) is 4.31 Å². The molecule has 3 aromatic rings. The van der Waals surface area contributed by atoms with Crippen LogP contribution in [0.2, 0.25) is 0 Å². The van der Waals surface area contributed by atoms with Crippen LogP contribution in [-0.4, -0.2) is 47.0 Å². The van der Waals surface area contributed by atoms with E-state index >= 15 is 0 Å². The summed E-state index contributed by atoms with van der Waals surface area (Å²) in [6.45, 7) is 2.31. The number of anilines is 1. The van der Waals surface area contributed by atoms with E-state index in [-0.39, 0.29) is 22.9 Å². The van der Waals surface area contributed by atoms with Crippen molar-refractivity contribution in [1.29, 1.82) is 0 Å². The summed E-state index contributed by atoms with van der Waals surface area (Å²) in [5, 5.41) is 12.6. The van der Waals surface area contributed by atoms with Crippen LogP contribution in [0.5, 0.6) is 0 Å². The van der Waals surface area contributed by atoms with Gasteiger partial charge in [-0.25, -0.2) is 18.0 Å². The van der Waals surface area contributed by atoms with Crippen molar-refractivity contribution in [2.24, 2.45) is 5.92 Å². The van der Waals surface area contributed by atoms with Gasteiger partial charge in [0.2, 0.25) is 15.9 Å². The summed E-state index contributed by atoms with van der Waals surface area (Å²) in [6.07, 6.45) is 1.22. The van der Waals surface area contributed by atoms with Gasteiger partial charge in [-0.3, -0.25) is 4.79 Å². The van der Waals surface area contributed by atoms with Crippen LogP contribution < -0.4 is 5.32 Å². The molecule has 1 atom stereocenters. The summed E-state index contributed by atoms with van der Waals surface area (Å²) < 4.78 is 32.2. The maximum atomic E-state index is 13.1. The van der Waals surface area contributed by atoms with E-state index < -0.39 is 15.9 Å². The molecule has 2 aromatic heterocycles. The van der Waals surface area contributed by atoms with Crippen molar-refractivity contribution in [2.45, 2.75) is 24.7 Å². The van der Waals surface area contributed by atoms with E-state index in [0.29, 0.717) is 30.0 Å². The molecule has 0 bridgehead atoms. The zero-order chi connectivity index (χ0) is 19.0. The lowest BCUT2D eigenvalue weighted by molar-refractivity contribution is -0.120. The first kappa shape index (κ1) is 18.0. The average molecular weight is 407 g/mol. The van der Waals surface area contributed by atoms with E-state index in [0.717, 1.165) is 5.69 Å². The summed E-state index contributed by atoms with van der Waals surface area (Å²) in [7, 11) is -3.82. The molecule has 9 nitrogen and oxygen atoms in total. The third-order valence-electron chi connectivity index (χ3n) is 4.47. The van der Waals surface area contributed by atoms with Gasteiger partial charge in [0.25, 0.3) is 0 Å². The number of hydrogen-bond acceptors (Lipinski definition) is 8. The van der Waals surface area contributed by atoms with Gasteiger partial charge < -0.3 is 5.32 Å². The van der Waals surface area contributed by atoms with Crippen molar-refractivity contribution < 1.29 is 17.8 Å². The lowest BCUT2D eigenvalue weighted by Crippen LogP contribution is -2.43. The standard InChI is InChI=1S/C16H17N5O4S2/c1-10-9-26-16(17-10)18-15(22)11-4-3-7-21(8-11)27(23,24)13-6-2-5-12-14(13)20-25-19-12/h2,5-6,9,11H,3-4,7-8H2,1H3,(H,17,18,22). The smallest absolute Gasteiger partial charge is 0.245 e. The van der Waals surface area contributed by atoms with Gasteiger partial charge in [-0.1, -0.05) is 6.07 Å². The van der Waals surface area contributed by atoms with E-state index in [4.69, 9.17) is 0 Å². The number of fused-ring (bicyclic) bond motifs is 1. The van der Waals surface area contributed by atoms with Crippen LogP contribution in [0.25, 0.3) is 11.0 Å². The molecule has 0 spiro atoms. The minimum Gasteiger partial charge on any atom is -0.302 e. The number of hydrogen-bond donors (Lipinski definition) is 1. The Balaban J connectivity index is 1.55. The van der Waals surface area contributed by atoms with Crippen LogP contribution >= 0.6 is 11.3 Å². The van der Waals surface area contributed by atoms with Gasteiger partial charge in [0.1, 0.15) is 10.4 Å². The molecule has 0 aliphatic carbocycles. The monoisotopic (exact) mass is 407 g/mol. The first-order valence-corrected chi connectivity index (χ1v) is 10.7. The Morgan fingerprint density at radius 3 is 3.00 bits per heavy atom. The second-order valence-electron chi connectivity index (χ2n) is 6.37. The summed E-state index contributed by atoms with van der Waals surface area (Å²) in [5.74, 6) is -0.655. The second kappa shape index (κ2) is 6.98. The molecule has 4 rings (SSSR count). The van der Waals surface area contributed by atoms with Crippen LogP contribution in [0, 0.1) is 12.8 Å². The Kier molecular flexibility index (Phi) is 4.66. The minimum atomic E-state index is -3.82. The highest BCUT2D eigenvalue weighted by Crippen LogP contribution is 2.28. The maximum absolute atomic E-state index is 13.1. The number of aromatic nitrogens is 3. The van der Waals surface area contributed by atoms with Crippen LogP contribution in [0.3, 0.4) is 0 Å². The highest BCUT2D eigenvalue weighted by atomic mass is 32.2. The number of carbonyl (C=O) groups is 1. The summed E-state index contributed by atoms with van der Waals surface area (Å²) >= 11 is 1.35. The number of benzene rings is 1. The Labute approximate surface area is 159 Å². The predicted octanol–water partition coefficient (Wildman–Crippen LogP) is 2.03. The zero-order valence-electron chi connectivity index (χ0n) is 14.5. The predicted molar refractivity (Wildman–Crippen MR) is 98.8 cm³/mol. The molecule has 1 amide bonds. The molecule has 3 heterocycles. The number of piperidine rings is 1. The number of nitrogens with one attached hydrogen (secondary N) is 1. The Bertz CT molecular complexity index is 1090. The van der Waals surface area contributed by atoms with E-state index in [9.17, 15) is 13.2 Å². The van der Waals surface area contributed by atoms with Crippen molar-refractivity contribution >= 4 is 43.4 Å². The highest BCUT2D eigenvalue weighted by molar-refractivity contribution is 7.89. The number of carbonyl (C=O) groups excluding carboxylic acids is 1. The summed E-state index contributed by atoms with van der Waals surface area (Å²) in [6, 6.07) is 4.70. The van der Waals surface area contributed by atoms with Crippen molar-refractivity contribution in [3.63, 3.8) is 0 Å². The van der Waals surface area contributed by atoms with Crippen LogP contribution in [-0.2, 0) is 14.8 Å². The quantitative estimate of drug-likeness (QED) is 0.703. The molecule has 27 heavy (non-hydrogen) atoms. The normalized spacial score (nSPS) is 18.6. The van der Waals surface area contributed by atoms with E-state index in [2.05, 4.69) is 25.2 Å². The fourth-order valence-corrected chi connectivity index (χ4v) is 5.47. The van der Waals surface area contributed by atoms with Crippen LogP contribution in [0.15, 0.2) is 33.1 Å². The number of amides is 1. The number of aryl methyl sites for hydroxylation is 1. The third-order valence-corrected chi connectivity index (χ3v) is 7.24. The SMILES string of the molecule is Cc1csc(NC(=O)C2CCCN(S(=O)(=O)c3cccc4nonc34)C2)n1. The topological polar surface area (TPSA) is 118 Å². The van der Waals surface area contributed by atoms with E-state index in [1.54, 1.807) is 12.1 Å². The zero-order valence-corrected chi connectivity index (χ0v) is 16.1. The number of sulfonamides is 1. The molecule has 0 saturated carbocycles. The largest absolute Gasteiger partial charge is 0.302 e. The molecule has 1 saturated heterocycles. The minimum absolute atomic E-state index is 0.0397. The highest BCUT2D eigenvalue weighted by Gasteiger charge is 2.35. The van der Waals surface area contributed by atoms with Gasteiger partial charge in [-0.15, -0.1) is 11.3 Å². The van der Waals surface area contributed by atoms with Gasteiger partial charge >= 0.3 is 0 Å². The van der Waals surface area contributed by atoms with Gasteiger partial charge in [0, 0.05) is 18.5 Å². The number of nitrogens with zero attached hydrogens (tertiary/aromatic N) is 4. The maximum Gasteiger partial charge on any atom is 0.245 e. The molecule has 1 aliphatic rings. The van der Waals surface area contributed by atoms with Crippen molar-refractivity contribution in [1.82, 2.24) is 19.6 Å². The van der Waals surface area contributed by atoms with E-state index in [1.165, 1.54) is 21.7 Å². The number of thiazole rings is 1. The van der Waals surface area contributed by atoms with Crippen molar-refractivity contribution in [3.05, 3.63) is 29.3 Å². The summed E-state index contributed by atoms with van der Waals surface area (Å²) in [5.41, 5.74) is 1.40. The van der Waals surface area contributed by atoms with Crippen molar-refractivity contribution in [3.8, 4) is 0 Å². The molecule has 142 valence electrons. The van der Waals surface area contributed by atoms with Gasteiger partial charge in [0.05, 0.1) is 11.6 Å². The van der Waals surface area contributed by atoms with Crippen molar-refractivity contribution in [2.75, 3.05) is 18.4 Å². The Hall–Kier alpha value is -2.37. The van der Waals surface area contributed by atoms with Crippen LogP contribution in [0.1, 0.15) is 18.5 Å². The van der Waals surface area contributed by atoms with Gasteiger partial charge in [0.15, 0.2) is 10.6 Å². The first-order chi connectivity index (χ1) is 12.9. The molecule has 1 aliphatic heterocycles. The molecule has 1 aromatic carbocycles. The number of rotatable bonds is 4. The fraction of sp³-hybridized carbons (Fsp3) is 0.375. The fourth-order valence-electron chi connectivity index (χ4n) is 3.12. The summed E-state index contributed by atoms with van der Waals surface area (Å²) in [4.78, 5) is 16.8. The Morgan fingerprint density at radius 1 is 1.37 bits per heavy atom. The second-order valence-corrected chi connectivity index (χ2v) is 9.14. The lowest BCUT2D eigenvalue weighted by Gasteiger charge is -2.31. The van der Waals surface area contributed by atoms with E-state index in [1.807, 2.05) is 12.3 Å². The average Bonchev–Trinajstić information content (AvgIpc) is 3.30. The molecule has 0 radical (unpaired) electrons.